The lowest BCUT2D eigenvalue weighted by Gasteiger charge is -2.29. The summed E-state index contributed by atoms with van der Waals surface area (Å²) in [6.45, 7) is 6.65. The van der Waals surface area contributed by atoms with Gasteiger partial charge in [0.2, 0.25) is 0 Å². The first-order chi connectivity index (χ1) is 22.5. The zero-order valence-electron chi connectivity index (χ0n) is 25.9. The number of ether oxygens (including phenoxy) is 3. The van der Waals surface area contributed by atoms with Gasteiger partial charge < -0.3 is 24.2 Å². The quantitative estimate of drug-likeness (QED) is 0.116. The van der Waals surface area contributed by atoms with Crippen molar-refractivity contribution in [3.8, 4) is 17.2 Å². The maximum Gasteiger partial charge on any atom is 0.295 e. The van der Waals surface area contributed by atoms with Crippen LogP contribution in [0.1, 0.15) is 34.7 Å². The molecule has 1 amide bonds. The smallest absolute Gasteiger partial charge is 0.295 e. The van der Waals surface area contributed by atoms with Crippen molar-refractivity contribution in [2.24, 2.45) is 0 Å². The van der Waals surface area contributed by atoms with Crippen molar-refractivity contribution in [1.29, 1.82) is 0 Å². The van der Waals surface area contributed by atoms with Crippen LogP contribution in [-0.4, -0.2) is 66.0 Å². The van der Waals surface area contributed by atoms with Crippen molar-refractivity contribution < 1.29 is 28.9 Å². The summed E-state index contributed by atoms with van der Waals surface area (Å²) in [4.78, 5) is 31.0. The maximum absolute atomic E-state index is 13.6. The van der Waals surface area contributed by atoms with Crippen LogP contribution < -0.4 is 9.47 Å². The third-order valence-electron chi connectivity index (χ3n) is 8.45. The molecule has 2 aliphatic heterocycles. The van der Waals surface area contributed by atoms with Gasteiger partial charge in [-0.25, -0.2) is 0 Å². The lowest BCUT2D eigenvalue weighted by atomic mass is 9.95. The first kappa shape index (κ1) is 31.1. The van der Waals surface area contributed by atoms with Crippen LogP contribution in [0.15, 0.2) is 109 Å². The van der Waals surface area contributed by atoms with Gasteiger partial charge in [0, 0.05) is 31.7 Å². The maximum atomic E-state index is 13.6. The van der Waals surface area contributed by atoms with Gasteiger partial charge in [0.15, 0.2) is 0 Å². The monoisotopic (exact) mass is 618 g/mol. The largest absolute Gasteiger partial charge is 0.507 e. The number of para-hydroxylation sites is 1. The molecule has 1 atom stereocenters. The van der Waals surface area contributed by atoms with Crippen molar-refractivity contribution >= 4 is 17.4 Å². The second kappa shape index (κ2) is 14.5. The summed E-state index contributed by atoms with van der Waals surface area (Å²) in [5.41, 5.74) is 3.39. The number of benzene rings is 4. The van der Waals surface area contributed by atoms with Crippen LogP contribution in [0.4, 0.5) is 0 Å². The average molecular weight is 619 g/mol. The van der Waals surface area contributed by atoms with E-state index >= 15 is 0 Å². The van der Waals surface area contributed by atoms with Crippen LogP contribution >= 0.6 is 0 Å². The first-order valence-electron chi connectivity index (χ1n) is 15.7. The number of nitrogens with zero attached hydrogens (tertiary/aromatic N) is 2. The van der Waals surface area contributed by atoms with Gasteiger partial charge in [-0.1, -0.05) is 54.6 Å². The highest BCUT2D eigenvalue weighted by Crippen LogP contribution is 2.41. The Kier molecular flexibility index (Phi) is 9.76. The third-order valence-corrected chi connectivity index (χ3v) is 8.45. The molecule has 0 aromatic heterocycles. The van der Waals surface area contributed by atoms with Crippen LogP contribution in [0.25, 0.3) is 5.76 Å². The Hall–Kier alpha value is -4.92. The van der Waals surface area contributed by atoms with E-state index < -0.39 is 17.7 Å². The molecule has 0 radical (unpaired) electrons. The zero-order valence-corrected chi connectivity index (χ0v) is 25.9. The topological polar surface area (TPSA) is 88.5 Å². The molecule has 1 N–H and O–H groups in total. The predicted molar refractivity (Wildman–Crippen MR) is 176 cm³/mol. The van der Waals surface area contributed by atoms with E-state index in [0.29, 0.717) is 61.2 Å². The van der Waals surface area contributed by atoms with Gasteiger partial charge in [-0.3, -0.25) is 14.5 Å². The van der Waals surface area contributed by atoms with Crippen molar-refractivity contribution in [2.75, 3.05) is 39.4 Å². The number of hydrogen-bond acceptors (Lipinski definition) is 7. The standard InChI is InChI=1S/C38H38N2O6/c1-27-9-5-6-10-30(27)26-45-31-17-15-28(16-18-31)36(41)34-35(29-11-7-14-33(25-29)46-32-12-3-2-4-13-32)40(38(43)37(34)42)20-8-19-39-21-23-44-24-22-39/h2-7,9-18,25,35,41H,8,19-24,26H2,1H3. The van der Waals surface area contributed by atoms with E-state index in [1.54, 1.807) is 29.2 Å². The molecule has 0 spiro atoms. The molecule has 2 aliphatic rings. The van der Waals surface area contributed by atoms with E-state index in [1.165, 1.54) is 0 Å². The Balaban J connectivity index is 1.28. The summed E-state index contributed by atoms with van der Waals surface area (Å²) in [6.07, 6.45) is 0.677. The van der Waals surface area contributed by atoms with Crippen molar-refractivity contribution in [3.63, 3.8) is 0 Å². The number of carbonyl (C=O) groups is 2. The molecule has 1 unspecified atom stereocenters. The normalized spacial score (nSPS) is 18.1. The SMILES string of the molecule is Cc1ccccc1COc1ccc(C(O)=C2C(=O)C(=O)N(CCCN3CCOCC3)C2c2cccc(Oc3ccccc3)c2)cc1. The summed E-state index contributed by atoms with van der Waals surface area (Å²) in [5, 5.41) is 11.6. The Morgan fingerprint density at radius 3 is 2.30 bits per heavy atom. The fraction of sp³-hybridized carbons (Fsp3) is 0.263. The van der Waals surface area contributed by atoms with E-state index in [0.717, 1.165) is 30.8 Å². The van der Waals surface area contributed by atoms with Crippen LogP contribution in [0.5, 0.6) is 17.2 Å². The van der Waals surface area contributed by atoms with Gasteiger partial charge in [0.05, 0.1) is 24.8 Å². The number of Topliss-reactive ketones (excluding diaryl/α,β-unsaturated/α-hetero) is 1. The molecule has 0 saturated carbocycles. The fourth-order valence-electron chi connectivity index (χ4n) is 5.92. The predicted octanol–water partition coefficient (Wildman–Crippen LogP) is 6.51. The second-order valence-corrected chi connectivity index (χ2v) is 11.5. The van der Waals surface area contributed by atoms with E-state index in [1.807, 2.05) is 85.8 Å². The molecule has 236 valence electrons. The Morgan fingerprint density at radius 1 is 0.826 bits per heavy atom. The molecule has 2 fully saturated rings. The van der Waals surface area contributed by atoms with Crippen LogP contribution in [0.2, 0.25) is 0 Å². The Bertz CT molecular complexity index is 1700. The van der Waals surface area contributed by atoms with Crippen LogP contribution in [-0.2, 0) is 20.9 Å². The summed E-state index contributed by atoms with van der Waals surface area (Å²) in [5.74, 6) is 0.315. The summed E-state index contributed by atoms with van der Waals surface area (Å²) < 4.78 is 17.5. The van der Waals surface area contributed by atoms with Crippen molar-refractivity contribution in [1.82, 2.24) is 9.80 Å². The zero-order chi connectivity index (χ0) is 31.9. The minimum atomic E-state index is -0.777. The minimum Gasteiger partial charge on any atom is -0.507 e. The molecule has 4 aromatic carbocycles. The van der Waals surface area contributed by atoms with Crippen molar-refractivity contribution in [3.05, 3.63) is 131 Å². The number of carbonyl (C=O) groups excluding carboxylic acids is 2. The number of amides is 1. The Labute approximate surface area is 269 Å². The number of likely N-dealkylation sites (tertiary alicyclic amines) is 1. The highest BCUT2D eigenvalue weighted by atomic mass is 16.5. The second-order valence-electron chi connectivity index (χ2n) is 11.5. The number of aryl methyl sites for hydroxylation is 1. The average Bonchev–Trinajstić information content (AvgIpc) is 3.34. The van der Waals surface area contributed by atoms with Crippen LogP contribution in [0, 0.1) is 6.92 Å². The summed E-state index contributed by atoms with van der Waals surface area (Å²) >= 11 is 0. The summed E-state index contributed by atoms with van der Waals surface area (Å²) in [6, 6.07) is 31.0. The van der Waals surface area contributed by atoms with E-state index in [-0.39, 0.29) is 11.3 Å². The highest BCUT2D eigenvalue weighted by molar-refractivity contribution is 6.46. The third kappa shape index (κ3) is 7.14. The molecule has 0 bridgehead atoms. The number of ketones is 1. The van der Waals surface area contributed by atoms with E-state index in [2.05, 4.69) is 4.90 Å². The molecular formula is C38H38N2O6. The molecule has 4 aromatic rings. The highest BCUT2D eigenvalue weighted by Gasteiger charge is 2.46. The molecular weight excluding hydrogens is 580 g/mol. The molecule has 2 heterocycles. The molecule has 2 saturated heterocycles. The lowest BCUT2D eigenvalue weighted by Crippen LogP contribution is -2.38. The number of hydrogen-bond donors (Lipinski definition) is 1. The molecule has 8 heteroatoms. The van der Waals surface area contributed by atoms with Crippen LogP contribution in [0.3, 0.4) is 0 Å². The molecule has 0 aliphatic carbocycles. The van der Waals surface area contributed by atoms with Gasteiger partial charge in [0.1, 0.15) is 29.6 Å². The lowest BCUT2D eigenvalue weighted by molar-refractivity contribution is -0.140. The number of aliphatic hydroxyl groups is 1. The van der Waals surface area contributed by atoms with Gasteiger partial charge in [-0.15, -0.1) is 0 Å². The van der Waals surface area contributed by atoms with Gasteiger partial charge in [-0.2, -0.15) is 0 Å². The van der Waals surface area contributed by atoms with Gasteiger partial charge in [-0.05, 0) is 78.6 Å². The van der Waals surface area contributed by atoms with Crippen molar-refractivity contribution in [2.45, 2.75) is 26.0 Å². The fourth-order valence-corrected chi connectivity index (χ4v) is 5.92. The summed E-state index contributed by atoms with van der Waals surface area (Å²) in [7, 11) is 0. The van der Waals surface area contributed by atoms with Gasteiger partial charge >= 0.3 is 0 Å². The molecule has 8 nitrogen and oxygen atoms in total. The first-order valence-corrected chi connectivity index (χ1v) is 15.7. The minimum absolute atomic E-state index is 0.0572. The number of rotatable bonds is 11. The van der Waals surface area contributed by atoms with E-state index in [9.17, 15) is 14.7 Å². The van der Waals surface area contributed by atoms with Gasteiger partial charge in [0.25, 0.3) is 11.7 Å². The molecule has 46 heavy (non-hydrogen) atoms. The number of aliphatic hydroxyl groups excluding tert-OH is 1. The number of morpholine rings is 1. The van der Waals surface area contributed by atoms with E-state index in [4.69, 9.17) is 14.2 Å². The molecule has 6 rings (SSSR count). The Morgan fingerprint density at radius 2 is 1.54 bits per heavy atom.